The summed E-state index contributed by atoms with van der Waals surface area (Å²) in [6.45, 7) is 0. The number of carbonyl (C=O) groups is 2. The van der Waals surface area contributed by atoms with E-state index in [1.807, 2.05) is 0 Å². The maximum absolute atomic E-state index is 12.9. The van der Waals surface area contributed by atoms with E-state index in [9.17, 15) is 35.9 Å². The molecule has 0 saturated carbocycles. The monoisotopic (exact) mass is 312 g/mol. The number of alkyl halides is 6. The number of halogens is 6. The van der Waals surface area contributed by atoms with Crippen molar-refractivity contribution in [1.29, 1.82) is 0 Å². The average molecular weight is 312 g/mol. The largest absolute Gasteiger partial charge is 0.467 e. The van der Waals surface area contributed by atoms with Gasteiger partial charge in [-0.05, 0) is 18.2 Å². The van der Waals surface area contributed by atoms with Crippen molar-refractivity contribution >= 4 is 12.1 Å². The number of benzene rings is 1. The number of ether oxygens (including phenoxy) is 1. The SMILES string of the molecule is O=Cc1ccc2c(c1)C(=O)CC(C(F)(F)F)(C(F)(F)F)O2. The number of Topliss-reactive ketones (excluding diaryl/α,β-unsaturated/α-hetero) is 1. The molecule has 2 rings (SSSR count). The van der Waals surface area contributed by atoms with Crippen molar-refractivity contribution in [3.05, 3.63) is 29.3 Å². The van der Waals surface area contributed by atoms with Crippen LogP contribution in [-0.4, -0.2) is 30.0 Å². The quantitative estimate of drug-likeness (QED) is 0.590. The molecule has 1 aromatic carbocycles. The van der Waals surface area contributed by atoms with Gasteiger partial charge in [-0.1, -0.05) is 0 Å². The van der Waals surface area contributed by atoms with E-state index in [2.05, 4.69) is 4.74 Å². The molecule has 1 aliphatic rings. The van der Waals surface area contributed by atoms with Crippen LogP contribution in [0.4, 0.5) is 26.3 Å². The first-order chi connectivity index (χ1) is 9.52. The first kappa shape index (κ1) is 15.3. The molecule has 0 aliphatic carbocycles. The van der Waals surface area contributed by atoms with Crippen LogP contribution in [0.1, 0.15) is 27.1 Å². The van der Waals surface area contributed by atoms with Crippen molar-refractivity contribution in [2.75, 3.05) is 0 Å². The minimum atomic E-state index is -5.82. The van der Waals surface area contributed by atoms with E-state index in [1.165, 1.54) is 0 Å². The molecule has 0 amide bonds. The smallest absolute Gasteiger partial charge is 0.437 e. The number of hydrogen-bond acceptors (Lipinski definition) is 3. The zero-order chi connectivity index (χ0) is 16.1. The molecule has 1 heterocycles. The topological polar surface area (TPSA) is 43.4 Å². The van der Waals surface area contributed by atoms with Crippen LogP contribution < -0.4 is 4.74 Å². The van der Waals surface area contributed by atoms with E-state index < -0.39 is 41.5 Å². The Morgan fingerprint density at radius 1 is 1.10 bits per heavy atom. The third-order valence-electron chi connectivity index (χ3n) is 3.05. The Balaban J connectivity index is 2.61. The number of carbonyl (C=O) groups excluding carboxylic acids is 2. The molecule has 21 heavy (non-hydrogen) atoms. The Bertz CT molecular complexity index is 588. The zero-order valence-corrected chi connectivity index (χ0v) is 10.0. The van der Waals surface area contributed by atoms with Crippen LogP contribution in [-0.2, 0) is 0 Å². The van der Waals surface area contributed by atoms with Crippen molar-refractivity contribution in [1.82, 2.24) is 0 Å². The minimum Gasteiger partial charge on any atom is -0.467 e. The van der Waals surface area contributed by atoms with Gasteiger partial charge in [0.2, 0.25) is 0 Å². The summed E-state index contributed by atoms with van der Waals surface area (Å²) in [4.78, 5) is 22.2. The van der Waals surface area contributed by atoms with Crippen molar-refractivity contribution < 1.29 is 40.7 Å². The van der Waals surface area contributed by atoms with Crippen molar-refractivity contribution in [2.45, 2.75) is 24.4 Å². The minimum absolute atomic E-state index is 0.0581. The van der Waals surface area contributed by atoms with Crippen LogP contribution in [0.25, 0.3) is 0 Å². The first-order valence-electron chi connectivity index (χ1n) is 5.47. The third kappa shape index (κ3) is 2.26. The molecule has 0 unspecified atom stereocenters. The average Bonchev–Trinajstić information content (AvgIpc) is 2.35. The highest BCUT2D eigenvalue weighted by Crippen LogP contribution is 2.51. The highest BCUT2D eigenvalue weighted by atomic mass is 19.4. The van der Waals surface area contributed by atoms with Crippen molar-refractivity contribution in [3.63, 3.8) is 0 Å². The fourth-order valence-electron chi connectivity index (χ4n) is 1.95. The van der Waals surface area contributed by atoms with Gasteiger partial charge in [0.25, 0.3) is 0 Å². The lowest BCUT2D eigenvalue weighted by Crippen LogP contribution is -2.63. The molecule has 0 bridgehead atoms. The molecule has 1 aromatic rings. The van der Waals surface area contributed by atoms with Gasteiger partial charge < -0.3 is 4.74 Å². The number of hydrogen-bond donors (Lipinski definition) is 0. The lowest BCUT2D eigenvalue weighted by Gasteiger charge is -2.39. The Labute approximate surface area is 113 Å². The molecule has 0 aromatic heterocycles. The molecule has 0 atom stereocenters. The summed E-state index contributed by atoms with van der Waals surface area (Å²) in [7, 11) is 0. The number of rotatable bonds is 1. The fraction of sp³-hybridized carbons (Fsp3) is 0.333. The number of fused-ring (bicyclic) bond motifs is 1. The van der Waals surface area contributed by atoms with Gasteiger partial charge in [0, 0.05) is 5.56 Å². The highest BCUT2D eigenvalue weighted by Gasteiger charge is 2.75. The standard InChI is InChI=1S/C12H6F6O3/c13-11(14,15)10(12(16,17)18)4-8(20)7-3-6(5-19)1-2-9(7)21-10/h1-3,5H,4H2. The predicted octanol–water partition coefficient (Wildman–Crippen LogP) is 3.33. The van der Waals surface area contributed by atoms with E-state index in [0.29, 0.717) is 6.29 Å². The van der Waals surface area contributed by atoms with Gasteiger partial charge in [-0.25, -0.2) is 0 Å². The highest BCUT2D eigenvalue weighted by molar-refractivity contribution is 6.01. The number of ketones is 1. The van der Waals surface area contributed by atoms with E-state index in [-0.39, 0.29) is 5.56 Å². The summed E-state index contributed by atoms with van der Waals surface area (Å²) < 4.78 is 81.2. The molecular weight excluding hydrogens is 306 g/mol. The predicted molar refractivity (Wildman–Crippen MR) is 56.2 cm³/mol. The van der Waals surface area contributed by atoms with E-state index >= 15 is 0 Å². The molecule has 0 spiro atoms. The first-order valence-corrected chi connectivity index (χ1v) is 5.47. The van der Waals surface area contributed by atoms with Crippen LogP contribution in [0.5, 0.6) is 5.75 Å². The van der Waals surface area contributed by atoms with Crippen molar-refractivity contribution in [3.8, 4) is 5.75 Å². The summed E-state index contributed by atoms with van der Waals surface area (Å²) in [5.41, 5.74) is -5.12. The summed E-state index contributed by atoms with van der Waals surface area (Å²) in [6, 6.07) is 2.59. The zero-order valence-electron chi connectivity index (χ0n) is 10.0. The Morgan fingerprint density at radius 2 is 1.67 bits per heavy atom. The van der Waals surface area contributed by atoms with Gasteiger partial charge in [-0.3, -0.25) is 9.59 Å². The summed E-state index contributed by atoms with van der Waals surface area (Å²) in [5.74, 6) is -2.25. The van der Waals surface area contributed by atoms with Crippen LogP contribution >= 0.6 is 0 Å². The van der Waals surface area contributed by atoms with Gasteiger partial charge in [-0.2, -0.15) is 26.3 Å². The lowest BCUT2D eigenvalue weighted by molar-refractivity contribution is -0.356. The molecule has 9 heteroatoms. The third-order valence-corrected chi connectivity index (χ3v) is 3.05. The summed E-state index contributed by atoms with van der Waals surface area (Å²) in [5, 5.41) is 0. The molecule has 0 N–H and O–H groups in total. The van der Waals surface area contributed by atoms with Gasteiger partial charge in [-0.15, -0.1) is 0 Å². The Hall–Kier alpha value is -2.06. The molecule has 0 radical (unpaired) electrons. The summed E-state index contributed by atoms with van der Waals surface area (Å²) >= 11 is 0. The fourth-order valence-corrected chi connectivity index (χ4v) is 1.95. The van der Waals surface area contributed by atoms with Crippen LogP contribution in [0.2, 0.25) is 0 Å². The summed E-state index contributed by atoms with van der Waals surface area (Å²) in [6.07, 6.45) is -13.2. The van der Waals surface area contributed by atoms with Crippen molar-refractivity contribution in [2.24, 2.45) is 0 Å². The molecule has 3 nitrogen and oxygen atoms in total. The maximum Gasteiger partial charge on any atom is 0.437 e. The van der Waals surface area contributed by atoms with Crippen LogP contribution in [0.15, 0.2) is 18.2 Å². The molecule has 114 valence electrons. The van der Waals surface area contributed by atoms with E-state index in [1.54, 1.807) is 0 Å². The Kier molecular flexibility index (Phi) is 3.26. The molecule has 0 saturated heterocycles. The molecule has 1 aliphatic heterocycles. The van der Waals surface area contributed by atoms with Gasteiger partial charge in [0.1, 0.15) is 12.0 Å². The lowest BCUT2D eigenvalue weighted by atomic mass is 9.88. The van der Waals surface area contributed by atoms with Gasteiger partial charge >= 0.3 is 18.0 Å². The van der Waals surface area contributed by atoms with Gasteiger partial charge in [0.05, 0.1) is 12.0 Å². The normalized spacial score (nSPS) is 17.9. The maximum atomic E-state index is 12.9. The second kappa shape index (κ2) is 4.47. The van der Waals surface area contributed by atoms with Gasteiger partial charge in [0.15, 0.2) is 5.78 Å². The molecule has 0 fully saturated rings. The second-order valence-corrected chi connectivity index (χ2v) is 4.40. The van der Waals surface area contributed by atoms with Crippen LogP contribution in [0.3, 0.4) is 0 Å². The van der Waals surface area contributed by atoms with Crippen LogP contribution in [0, 0.1) is 0 Å². The Morgan fingerprint density at radius 3 is 2.14 bits per heavy atom. The van der Waals surface area contributed by atoms with E-state index in [4.69, 9.17) is 0 Å². The second-order valence-electron chi connectivity index (χ2n) is 4.40. The van der Waals surface area contributed by atoms with E-state index in [0.717, 1.165) is 18.2 Å². The number of aldehydes is 1. The molecular formula is C12H6F6O3.